The zero-order valence-electron chi connectivity index (χ0n) is 11.7. The first-order chi connectivity index (χ1) is 10.2. The van der Waals surface area contributed by atoms with Gasteiger partial charge in [-0.25, -0.2) is 4.79 Å². The number of carbonyl (C=O) groups excluding carboxylic acids is 1. The van der Waals surface area contributed by atoms with Crippen LogP contribution < -0.4 is 5.73 Å². The fourth-order valence-electron chi connectivity index (χ4n) is 2.24. The van der Waals surface area contributed by atoms with Gasteiger partial charge < -0.3 is 15.5 Å². The molecule has 2 heterocycles. The van der Waals surface area contributed by atoms with Crippen molar-refractivity contribution in [2.45, 2.75) is 13.5 Å². The lowest BCUT2D eigenvalue weighted by Gasteiger charge is -1.96. The molecule has 108 valence electrons. The Kier molecular flexibility index (Phi) is 3.77. The molecule has 0 radical (unpaired) electrons. The number of hydrogen-bond acceptors (Lipinski definition) is 4. The molecular weight excluding hydrogens is 284 g/mol. The highest BCUT2D eigenvalue weighted by Gasteiger charge is 2.12. The van der Waals surface area contributed by atoms with Crippen molar-refractivity contribution >= 4 is 28.2 Å². The number of aromatic amines is 1. The van der Waals surface area contributed by atoms with Crippen molar-refractivity contribution in [3.05, 3.63) is 46.8 Å². The molecule has 3 rings (SSSR count). The second-order valence-corrected chi connectivity index (χ2v) is 5.78. The average Bonchev–Trinajstić information content (AvgIpc) is 3.13. The summed E-state index contributed by atoms with van der Waals surface area (Å²) in [5, 5.41) is 1.12. The van der Waals surface area contributed by atoms with Gasteiger partial charge in [0.05, 0.1) is 17.2 Å². The summed E-state index contributed by atoms with van der Waals surface area (Å²) >= 11 is 1.43. The number of carbonyl (C=O) groups is 1. The lowest BCUT2D eigenvalue weighted by molar-refractivity contribution is 0.0532. The maximum Gasteiger partial charge on any atom is 0.348 e. The lowest BCUT2D eigenvalue weighted by atomic mass is 10.1. The molecule has 0 atom stereocenters. The second kappa shape index (κ2) is 5.71. The van der Waals surface area contributed by atoms with Gasteiger partial charge in [0, 0.05) is 17.4 Å². The first-order valence-corrected chi connectivity index (χ1v) is 7.62. The Balaban J connectivity index is 1.95. The van der Waals surface area contributed by atoms with Crippen LogP contribution in [0.3, 0.4) is 0 Å². The molecule has 3 aromatic rings. The minimum absolute atomic E-state index is 0.268. The third-order valence-corrected chi connectivity index (χ3v) is 4.37. The van der Waals surface area contributed by atoms with E-state index in [0.717, 1.165) is 27.0 Å². The Morgan fingerprint density at radius 2 is 2.14 bits per heavy atom. The summed E-state index contributed by atoms with van der Waals surface area (Å²) in [6, 6.07) is 11.9. The van der Waals surface area contributed by atoms with Gasteiger partial charge in [-0.1, -0.05) is 6.07 Å². The van der Waals surface area contributed by atoms with E-state index < -0.39 is 0 Å². The van der Waals surface area contributed by atoms with E-state index in [-0.39, 0.29) is 5.97 Å². The molecule has 0 aliphatic rings. The van der Waals surface area contributed by atoms with Gasteiger partial charge in [0.15, 0.2) is 0 Å². The van der Waals surface area contributed by atoms with Crippen LogP contribution in [0.5, 0.6) is 0 Å². The Bertz CT molecular complexity index is 789. The third kappa shape index (κ3) is 2.70. The first-order valence-electron chi connectivity index (χ1n) is 6.80. The van der Waals surface area contributed by atoms with E-state index in [1.807, 2.05) is 18.2 Å². The van der Waals surface area contributed by atoms with Gasteiger partial charge in [-0.05, 0) is 42.8 Å². The first kappa shape index (κ1) is 13.9. The van der Waals surface area contributed by atoms with Gasteiger partial charge in [0.1, 0.15) is 4.88 Å². The Labute approximate surface area is 126 Å². The number of nitrogens with two attached hydrogens (primary N) is 1. The summed E-state index contributed by atoms with van der Waals surface area (Å²) in [7, 11) is 0. The van der Waals surface area contributed by atoms with Crippen molar-refractivity contribution in [1.82, 2.24) is 4.98 Å². The van der Waals surface area contributed by atoms with Crippen LogP contribution in [-0.2, 0) is 11.3 Å². The Morgan fingerprint density at radius 3 is 2.90 bits per heavy atom. The monoisotopic (exact) mass is 300 g/mol. The third-order valence-electron chi connectivity index (χ3n) is 3.27. The lowest BCUT2D eigenvalue weighted by Crippen LogP contribution is -2.01. The fourth-order valence-corrected chi connectivity index (χ4v) is 3.11. The van der Waals surface area contributed by atoms with E-state index in [1.54, 1.807) is 13.0 Å². The minimum Gasteiger partial charge on any atom is -0.462 e. The van der Waals surface area contributed by atoms with Crippen LogP contribution in [0, 0.1) is 0 Å². The average molecular weight is 300 g/mol. The Morgan fingerprint density at radius 1 is 1.29 bits per heavy atom. The maximum absolute atomic E-state index is 11.7. The van der Waals surface area contributed by atoms with Crippen molar-refractivity contribution in [3.8, 4) is 10.6 Å². The number of esters is 1. The molecule has 0 aliphatic heterocycles. The zero-order chi connectivity index (χ0) is 14.8. The van der Waals surface area contributed by atoms with E-state index in [2.05, 4.69) is 17.1 Å². The van der Waals surface area contributed by atoms with Crippen LogP contribution >= 0.6 is 11.3 Å². The second-order valence-electron chi connectivity index (χ2n) is 4.69. The van der Waals surface area contributed by atoms with Crippen LogP contribution in [0.1, 0.15) is 22.2 Å². The molecule has 0 saturated carbocycles. The molecule has 21 heavy (non-hydrogen) atoms. The van der Waals surface area contributed by atoms with E-state index in [0.29, 0.717) is 18.0 Å². The minimum atomic E-state index is -0.268. The number of fused-ring (bicyclic) bond motifs is 1. The van der Waals surface area contributed by atoms with Crippen LogP contribution in [0.2, 0.25) is 0 Å². The highest BCUT2D eigenvalue weighted by molar-refractivity contribution is 7.17. The summed E-state index contributed by atoms with van der Waals surface area (Å²) in [4.78, 5) is 16.7. The molecule has 2 aromatic heterocycles. The van der Waals surface area contributed by atoms with Gasteiger partial charge in [0.2, 0.25) is 0 Å². The molecule has 1 aromatic carbocycles. The predicted octanol–water partition coefficient (Wildman–Crippen LogP) is 3.53. The van der Waals surface area contributed by atoms with Crippen LogP contribution in [-0.4, -0.2) is 17.6 Å². The molecule has 0 fully saturated rings. The van der Waals surface area contributed by atoms with Crippen LogP contribution in [0.4, 0.5) is 0 Å². The number of ether oxygens (including phenoxy) is 1. The van der Waals surface area contributed by atoms with E-state index in [4.69, 9.17) is 10.5 Å². The summed E-state index contributed by atoms with van der Waals surface area (Å²) in [6.45, 7) is 2.72. The SMILES string of the molecule is CCOC(=O)c1ccc(-c2cc3cc(CN)ccc3[nH]2)s1. The molecule has 0 spiro atoms. The molecule has 0 amide bonds. The molecule has 0 unspecified atom stereocenters. The number of H-pyrrole nitrogens is 1. The quantitative estimate of drug-likeness (QED) is 0.724. The number of hydrogen-bond donors (Lipinski definition) is 2. The van der Waals surface area contributed by atoms with Gasteiger partial charge in [-0.15, -0.1) is 11.3 Å². The van der Waals surface area contributed by atoms with E-state index in [9.17, 15) is 4.79 Å². The molecule has 0 saturated heterocycles. The molecule has 5 heteroatoms. The Hall–Kier alpha value is -2.11. The fraction of sp³-hybridized carbons (Fsp3) is 0.188. The van der Waals surface area contributed by atoms with E-state index >= 15 is 0 Å². The smallest absolute Gasteiger partial charge is 0.348 e. The van der Waals surface area contributed by atoms with Crippen molar-refractivity contribution in [2.75, 3.05) is 6.61 Å². The van der Waals surface area contributed by atoms with Crippen molar-refractivity contribution in [2.24, 2.45) is 5.73 Å². The van der Waals surface area contributed by atoms with Crippen LogP contribution in [0.15, 0.2) is 36.4 Å². The number of thiophene rings is 1. The van der Waals surface area contributed by atoms with E-state index in [1.165, 1.54) is 11.3 Å². The summed E-state index contributed by atoms with van der Waals surface area (Å²) in [6.07, 6.45) is 0. The zero-order valence-corrected chi connectivity index (χ0v) is 12.5. The highest BCUT2D eigenvalue weighted by atomic mass is 32.1. The highest BCUT2D eigenvalue weighted by Crippen LogP contribution is 2.30. The topological polar surface area (TPSA) is 68.1 Å². The maximum atomic E-state index is 11.7. The standard InChI is InChI=1S/C16H16N2O2S/c1-2-20-16(19)15-6-5-14(21-15)13-8-11-7-10(9-17)3-4-12(11)18-13/h3-8,18H,2,9,17H2,1H3. The molecule has 0 bridgehead atoms. The molecule has 0 aliphatic carbocycles. The normalized spacial score (nSPS) is 11.0. The van der Waals surface area contributed by atoms with Gasteiger partial charge in [-0.2, -0.15) is 0 Å². The number of rotatable bonds is 4. The molecular formula is C16H16N2O2S. The summed E-state index contributed by atoms with van der Waals surface area (Å²) in [5.74, 6) is -0.268. The summed E-state index contributed by atoms with van der Waals surface area (Å²) < 4.78 is 5.01. The van der Waals surface area contributed by atoms with Gasteiger partial charge in [0.25, 0.3) is 0 Å². The van der Waals surface area contributed by atoms with Crippen molar-refractivity contribution in [1.29, 1.82) is 0 Å². The van der Waals surface area contributed by atoms with Crippen LogP contribution in [0.25, 0.3) is 21.5 Å². The van der Waals surface area contributed by atoms with Crippen molar-refractivity contribution < 1.29 is 9.53 Å². The largest absolute Gasteiger partial charge is 0.462 e. The molecule has 3 N–H and O–H groups in total. The number of nitrogens with one attached hydrogen (secondary N) is 1. The predicted molar refractivity (Wildman–Crippen MR) is 85.5 cm³/mol. The number of benzene rings is 1. The van der Waals surface area contributed by atoms with Gasteiger partial charge >= 0.3 is 5.97 Å². The molecule has 4 nitrogen and oxygen atoms in total. The number of aromatic nitrogens is 1. The van der Waals surface area contributed by atoms with Gasteiger partial charge in [-0.3, -0.25) is 0 Å². The van der Waals surface area contributed by atoms with Crippen molar-refractivity contribution in [3.63, 3.8) is 0 Å². The summed E-state index contributed by atoms with van der Waals surface area (Å²) in [5.41, 5.74) is 8.83.